The summed E-state index contributed by atoms with van der Waals surface area (Å²) in [7, 11) is 0. The van der Waals surface area contributed by atoms with E-state index in [1.165, 1.54) is 15.9 Å². The molecule has 0 spiro atoms. The third-order valence-corrected chi connectivity index (χ3v) is 5.82. The molecule has 0 aliphatic carbocycles. The lowest BCUT2D eigenvalue weighted by molar-refractivity contribution is -0.142. The number of fused-ring (bicyclic) bond motifs is 5. The lowest BCUT2D eigenvalue weighted by Crippen LogP contribution is -2.54. The normalized spacial score (nSPS) is 24.6. The second kappa shape index (κ2) is 6.97. The predicted molar refractivity (Wildman–Crippen MR) is 95.4 cm³/mol. The van der Waals surface area contributed by atoms with Gasteiger partial charge in [-0.2, -0.15) is 18.4 Å². The van der Waals surface area contributed by atoms with Crippen LogP contribution in [0, 0.1) is 11.3 Å². The van der Waals surface area contributed by atoms with Gasteiger partial charge in [0.2, 0.25) is 5.91 Å². The molecule has 1 N–H and O–H groups in total. The Labute approximate surface area is 173 Å². The van der Waals surface area contributed by atoms with E-state index in [-0.39, 0.29) is 25.1 Å². The predicted octanol–water partition coefficient (Wildman–Crippen LogP) is 1.56. The molecule has 3 aliphatic rings. The Hall–Kier alpha value is -3.62. The summed E-state index contributed by atoms with van der Waals surface area (Å²) in [5.74, 6) is -2.35. The summed E-state index contributed by atoms with van der Waals surface area (Å²) in [6.45, 7) is 0.133. The van der Waals surface area contributed by atoms with E-state index in [9.17, 15) is 32.3 Å². The van der Waals surface area contributed by atoms with Crippen molar-refractivity contribution < 1.29 is 37.5 Å². The van der Waals surface area contributed by atoms with E-state index < -0.39 is 59.2 Å². The molecule has 162 valence electrons. The van der Waals surface area contributed by atoms with Gasteiger partial charge < -0.3 is 14.9 Å². The van der Waals surface area contributed by atoms with Crippen LogP contribution in [0.15, 0.2) is 18.2 Å². The lowest BCUT2D eigenvalue weighted by atomic mass is 10.1. The summed E-state index contributed by atoms with van der Waals surface area (Å²) in [4.78, 5) is 52.3. The number of carbonyl (C=O) groups is 4. The van der Waals surface area contributed by atoms with Crippen molar-refractivity contribution in [2.75, 3.05) is 11.4 Å². The Morgan fingerprint density at radius 3 is 2.55 bits per heavy atom. The summed E-state index contributed by atoms with van der Waals surface area (Å²) in [5, 5.41) is 17.7. The van der Waals surface area contributed by atoms with Crippen molar-refractivity contribution >= 4 is 29.5 Å². The number of imide groups is 1. The Kier molecular flexibility index (Phi) is 4.64. The van der Waals surface area contributed by atoms with Gasteiger partial charge in [0.25, 0.3) is 5.91 Å². The minimum absolute atomic E-state index is 0.133. The molecule has 3 atom stereocenters. The number of carboxylic acids is 1. The fourth-order valence-electron chi connectivity index (χ4n) is 4.54. The number of hydrogen-bond acceptors (Lipinski definition) is 5. The van der Waals surface area contributed by atoms with Gasteiger partial charge in [-0.1, -0.05) is 0 Å². The van der Waals surface area contributed by atoms with Crippen molar-refractivity contribution in [2.24, 2.45) is 0 Å². The smallest absolute Gasteiger partial charge is 0.417 e. The highest BCUT2D eigenvalue weighted by Gasteiger charge is 2.62. The number of hydrogen-bond donors (Lipinski definition) is 1. The number of rotatable bonds is 4. The van der Waals surface area contributed by atoms with E-state index in [1.54, 1.807) is 0 Å². The molecular weight excluding hydrogens is 421 g/mol. The Morgan fingerprint density at radius 1 is 1.23 bits per heavy atom. The van der Waals surface area contributed by atoms with Crippen molar-refractivity contribution in [3.8, 4) is 6.07 Å². The number of benzene rings is 1. The molecule has 1 aromatic carbocycles. The molecule has 9 nitrogen and oxygen atoms in total. The van der Waals surface area contributed by atoms with Crippen molar-refractivity contribution in [1.82, 2.24) is 9.80 Å². The molecule has 2 bridgehead atoms. The molecule has 31 heavy (non-hydrogen) atoms. The fraction of sp³-hybridized carbons (Fsp3) is 0.421. The SMILES string of the molecule is N#Cc1ccc(N2C(=O)C3C4CC(CN4C(=O)CCC(=O)O)N3C2=O)cc1C(F)(F)F. The van der Waals surface area contributed by atoms with Gasteiger partial charge in [0.05, 0.1) is 41.4 Å². The van der Waals surface area contributed by atoms with Gasteiger partial charge >= 0.3 is 18.2 Å². The summed E-state index contributed by atoms with van der Waals surface area (Å²) < 4.78 is 39.9. The molecule has 3 aliphatic heterocycles. The quantitative estimate of drug-likeness (QED) is 0.715. The van der Waals surface area contributed by atoms with Gasteiger partial charge in [-0.05, 0) is 24.6 Å². The average molecular weight is 436 g/mol. The van der Waals surface area contributed by atoms with Crippen LogP contribution in [0.5, 0.6) is 0 Å². The molecular formula is C19H15F3N4O5. The summed E-state index contributed by atoms with van der Waals surface area (Å²) in [5.41, 5.74) is -2.20. The number of carbonyl (C=O) groups excluding carboxylic acids is 3. The topological polar surface area (TPSA) is 122 Å². The Balaban J connectivity index is 1.62. The highest BCUT2D eigenvalue weighted by Crippen LogP contribution is 2.43. The van der Waals surface area contributed by atoms with Crippen LogP contribution < -0.4 is 4.90 Å². The molecule has 1 aromatic rings. The zero-order valence-electron chi connectivity index (χ0n) is 15.8. The maximum atomic E-state index is 13.3. The van der Waals surface area contributed by atoms with E-state index in [2.05, 4.69) is 0 Å². The van der Waals surface area contributed by atoms with Crippen LogP contribution in [0.1, 0.15) is 30.4 Å². The van der Waals surface area contributed by atoms with Crippen molar-refractivity contribution in [2.45, 2.75) is 43.6 Å². The molecule has 4 amide bonds. The van der Waals surface area contributed by atoms with E-state index >= 15 is 0 Å². The molecule has 3 heterocycles. The van der Waals surface area contributed by atoms with E-state index in [1.807, 2.05) is 0 Å². The zero-order valence-corrected chi connectivity index (χ0v) is 15.8. The Bertz CT molecular complexity index is 1050. The standard InChI is InChI=1S/C19H15F3N4O5/c20-19(21,22)12-5-10(2-1-9(12)7-23)26-17(30)16-13-6-11(25(16)18(26)31)8-24(13)14(27)3-4-15(28)29/h1-2,5,11,13,16H,3-4,6,8H2,(H,28,29). The summed E-state index contributed by atoms with van der Waals surface area (Å²) in [6, 6.07) is 1.08. The number of urea groups is 1. The van der Waals surface area contributed by atoms with E-state index in [0.29, 0.717) is 17.4 Å². The fourth-order valence-corrected chi connectivity index (χ4v) is 4.54. The van der Waals surface area contributed by atoms with Crippen LogP contribution in [-0.2, 0) is 20.6 Å². The largest absolute Gasteiger partial charge is 0.481 e. The summed E-state index contributed by atoms with van der Waals surface area (Å²) >= 11 is 0. The van der Waals surface area contributed by atoms with Gasteiger partial charge in [0.15, 0.2) is 0 Å². The number of halogens is 3. The lowest BCUT2D eigenvalue weighted by Gasteiger charge is -2.34. The van der Waals surface area contributed by atoms with Crippen molar-refractivity contribution in [3.05, 3.63) is 29.3 Å². The minimum Gasteiger partial charge on any atom is -0.481 e. The number of piperazine rings is 1. The van der Waals surface area contributed by atoms with Crippen molar-refractivity contribution in [1.29, 1.82) is 5.26 Å². The van der Waals surface area contributed by atoms with Gasteiger partial charge in [0.1, 0.15) is 6.04 Å². The molecule has 3 saturated heterocycles. The Morgan fingerprint density at radius 2 is 1.94 bits per heavy atom. The first-order valence-corrected chi connectivity index (χ1v) is 9.33. The summed E-state index contributed by atoms with van der Waals surface area (Å²) in [6.07, 6.45) is -5.13. The van der Waals surface area contributed by atoms with Gasteiger partial charge in [-0.25, -0.2) is 9.69 Å². The third-order valence-electron chi connectivity index (χ3n) is 5.82. The van der Waals surface area contributed by atoms with Crippen LogP contribution in [-0.4, -0.2) is 63.4 Å². The third kappa shape index (κ3) is 3.17. The number of nitrogens with zero attached hydrogens (tertiary/aromatic N) is 4. The number of nitriles is 1. The first-order chi connectivity index (χ1) is 14.5. The van der Waals surface area contributed by atoms with E-state index in [4.69, 9.17) is 10.4 Å². The van der Waals surface area contributed by atoms with Gasteiger partial charge in [-0.3, -0.25) is 14.4 Å². The monoisotopic (exact) mass is 436 g/mol. The molecule has 0 radical (unpaired) electrons. The highest BCUT2D eigenvalue weighted by molar-refractivity contribution is 6.22. The first-order valence-electron chi connectivity index (χ1n) is 9.33. The molecule has 4 rings (SSSR count). The van der Waals surface area contributed by atoms with Gasteiger partial charge in [0, 0.05) is 13.0 Å². The minimum atomic E-state index is -4.85. The van der Waals surface area contributed by atoms with Crippen LogP contribution in [0.4, 0.5) is 23.7 Å². The van der Waals surface area contributed by atoms with Crippen LogP contribution >= 0.6 is 0 Å². The van der Waals surface area contributed by atoms with E-state index in [0.717, 1.165) is 12.1 Å². The number of carboxylic acid groups (broad SMARTS) is 1. The zero-order chi connectivity index (χ0) is 22.7. The number of aliphatic carboxylic acids is 1. The maximum absolute atomic E-state index is 13.3. The molecule has 12 heteroatoms. The van der Waals surface area contributed by atoms with Crippen LogP contribution in [0.25, 0.3) is 0 Å². The van der Waals surface area contributed by atoms with Gasteiger partial charge in [-0.15, -0.1) is 0 Å². The molecule has 3 fully saturated rings. The second-order valence-electron chi connectivity index (χ2n) is 7.54. The number of likely N-dealkylation sites (tertiary alicyclic amines) is 1. The average Bonchev–Trinajstić information content (AvgIpc) is 3.36. The van der Waals surface area contributed by atoms with Crippen LogP contribution in [0.2, 0.25) is 0 Å². The molecule has 0 saturated carbocycles. The van der Waals surface area contributed by atoms with Crippen molar-refractivity contribution in [3.63, 3.8) is 0 Å². The molecule has 0 aromatic heterocycles. The number of amides is 4. The number of anilines is 1. The van der Waals surface area contributed by atoms with Crippen LogP contribution in [0.3, 0.4) is 0 Å². The number of alkyl halides is 3. The highest BCUT2D eigenvalue weighted by atomic mass is 19.4. The molecule has 3 unspecified atom stereocenters. The maximum Gasteiger partial charge on any atom is 0.417 e. The first kappa shape index (κ1) is 20.6. The second-order valence-corrected chi connectivity index (χ2v) is 7.54.